The van der Waals surface area contributed by atoms with Crippen LogP contribution in [0.15, 0.2) is 42.5 Å². The fourth-order valence-electron chi connectivity index (χ4n) is 2.91. The van der Waals surface area contributed by atoms with Crippen LogP contribution < -0.4 is 11.2 Å². The SMILES string of the molecule is Cl.Nn1c(-c2ccc(Cl)c3c2C(=O)NC3)cc2ccccc21. The lowest BCUT2D eigenvalue weighted by Gasteiger charge is -2.09. The van der Waals surface area contributed by atoms with Crippen LogP contribution in [0.2, 0.25) is 5.02 Å². The van der Waals surface area contributed by atoms with Crippen molar-refractivity contribution in [3.05, 3.63) is 58.6 Å². The molecule has 2 aromatic carbocycles. The summed E-state index contributed by atoms with van der Waals surface area (Å²) in [7, 11) is 0. The third-order valence-electron chi connectivity index (χ3n) is 3.93. The van der Waals surface area contributed by atoms with E-state index in [1.165, 1.54) is 0 Å². The van der Waals surface area contributed by atoms with E-state index in [4.69, 9.17) is 17.4 Å². The van der Waals surface area contributed by atoms with E-state index in [1.807, 2.05) is 42.5 Å². The summed E-state index contributed by atoms with van der Waals surface area (Å²) in [5.74, 6) is 6.10. The lowest BCUT2D eigenvalue weighted by atomic mass is 10.0. The quantitative estimate of drug-likeness (QED) is 0.671. The zero-order chi connectivity index (χ0) is 14.6. The number of hydrogen-bond donors (Lipinski definition) is 2. The number of aromatic nitrogens is 1. The topological polar surface area (TPSA) is 60.0 Å². The molecule has 0 radical (unpaired) electrons. The predicted molar refractivity (Wildman–Crippen MR) is 91.0 cm³/mol. The van der Waals surface area contributed by atoms with Crippen molar-refractivity contribution in [2.75, 3.05) is 5.84 Å². The highest BCUT2D eigenvalue weighted by Gasteiger charge is 2.26. The molecule has 2 heterocycles. The first kappa shape index (κ1) is 14.8. The molecule has 0 fully saturated rings. The van der Waals surface area contributed by atoms with Crippen LogP contribution in [0.25, 0.3) is 22.2 Å². The van der Waals surface area contributed by atoms with Gasteiger partial charge in [0.25, 0.3) is 5.91 Å². The molecule has 4 nitrogen and oxygen atoms in total. The van der Waals surface area contributed by atoms with Crippen LogP contribution in [0.1, 0.15) is 15.9 Å². The van der Waals surface area contributed by atoms with Gasteiger partial charge in [-0.2, -0.15) is 0 Å². The monoisotopic (exact) mass is 333 g/mol. The van der Waals surface area contributed by atoms with Crippen LogP contribution in [0.4, 0.5) is 0 Å². The zero-order valence-corrected chi connectivity index (χ0v) is 13.0. The second kappa shape index (κ2) is 5.23. The van der Waals surface area contributed by atoms with E-state index < -0.39 is 0 Å². The van der Waals surface area contributed by atoms with Gasteiger partial charge in [-0.1, -0.05) is 35.9 Å². The van der Waals surface area contributed by atoms with Crippen molar-refractivity contribution in [3.63, 3.8) is 0 Å². The average Bonchev–Trinajstić information content (AvgIpc) is 3.03. The first-order chi connectivity index (χ1) is 10.2. The van der Waals surface area contributed by atoms with Crippen molar-refractivity contribution in [2.24, 2.45) is 0 Å². The number of rotatable bonds is 1. The number of nitrogens with one attached hydrogen (secondary N) is 1. The number of amides is 1. The van der Waals surface area contributed by atoms with Crippen molar-refractivity contribution >= 4 is 40.8 Å². The van der Waals surface area contributed by atoms with E-state index in [9.17, 15) is 4.79 Å². The summed E-state index contributed by atoms with van der Waals surface area (Å²) in [5, 5.41) is 4.46. The van der Waals surface area contributed by atoms with Gasteiger partial charge in [0.2, 0.25) is 0 Å². The molecule has 4 rings (SSSR count). The fraction of sp³-hybridized carbons (Fsp3) is 0.0625. The van der Waals surface area contributed by atoms with E-state index in [-0.39, 0.29) is 18.3 Å². The molecular formula is C16H13Cl2N3O. The van der Waals surface area contributed by atoms with Crippen molar-refractivity contribution in [2.45, 2.75) is 6.54 Å². The lowest BCUT2D eigenvalue weighted by molar-refractivity contribution is 0.0966. The summed E-state index contributed by atoms with van der Waals surface area (Å²) < 4.78 is 1.62. The summed E-state index contributed by atoms with van der Waals surface area (Å²) in [4.78, 5) is 12.1. The van der Waals surface area contributed by atoms with Crippen LogP contribution in [-0.2, 0) is 6.54 Å². The molecule has 3 aromatic rings. The summed E-state index contributed by atoms with van der Waals surface area (Å²) in [6.07, 6.45) is 0. The fourth-order valence-corrected chi connectivity index (χ4v) is 3.13. The van der Waals surface area contributed by atoms with Crippen LogP contribution in [0.3, 0.4) is 0 Å². The van der Waals surface area contributed by atoms with E-state index in [0.717, 1.165) is 27.7 Å². The molecule has 112 valence electrons. The first-order valence-corrected chi connectivity index (χ1v) is 7.00. The number of hydrogen-bond acceptors (Lipinski definition) is 2. The Morgan fingerprint density at radius 1 is 1.18 bits per heavy atom. The summed E-state index contributed by atoms with van der Waals surface area (Å²) in [5.41, 5.74) is 4.00. The van der Waals surface area contributed by atoms with Crippen LogP contribution >= 0.6 is 24.0 Å². The largest absolute Gasteiger partial charge is 0.348 e. The minimum absolute atomic E-state index is 0. The predicted octanol–water partition coefficient (Wildman–Crippen LogP) is 3.34. The number of benzene rings is 2. The maximum absolute atomic E-state index is 12.1. The summed E-state index contributed by atoms with van der Waals surface area (Å²) in [6.45, 7) is 0.464. The Labute approximate surface area is 138 Å². The Morgan fingerprint density at radius 3 is 2.73 bits per heavy atom. The molecule has 1 aliphatic rings. The first-order valence-electron chi connectivity index (χ1n) is 6.62. The second-order valence-electron chi connectivity index (χ2n) is 5.09. The Balaban J connectivity index is 0.00000144. The number of nitrogen functional groups attached to an aromatic ring is 1. The molecule has 1 aromatic heterocycles. The Hall–Kier alpha value is -2.17. The molecule has 1 amide bonds. The number of para-hydroxylation sites is 1. The van der Waals surface area contributed by atoms with E-state index in [2.05, 4.69) is 5.32 Å². The third-order valence-corrected chi connectivity index (χ3v) is 4.29. The van der Waals surface area contributed by atoms with Gasteiger partial charge in [0.15, 0.2) is 0 Å². The van der Waals surface area contributed by atoms with Crippen molar-refractivity contribution < 1.29 is 4.79 Å². The smallest absolute Gasteiger partial charge is 0.252 e. The summed E-state index contributed by atoms with van der Waals surface area (Å²) in [6, 6.07) is 13.5. The molecule has 6 heteroatoms. The molecule has 22 heavy (non-hydrogen) atoms. The molecule has 0 saturated heterocycles. The van der Waals surface area contributed by atoms with Crippen molar-refractivity contribution in [1.29, 1.82) is 0 Å². The molecule has 0 saturated carbocycles. The zero-order valence-electron chi connectivity index (χ0n) is 11.5. The number of nitrogens with zero attached hydrogens (tertiary/aromatic N) is 1. The van der Waals surface area contributed by atoms with Crippen molar-refractivity contribution in [1.82, 2.24) is 9.99 Å². The van der Waals surface area contributed by atoms with Crippen LogP contribution in [0.5, 0.6) is 0 Å². The minimum atomic E-state index is -0.104. The molecule has 0 unspecified atom stereocenters. The molecule has 1 aliphatic heterocycles. The minimum Gasteiger partial charge on any atom is -0.348 e. The lowest BCUT2D eigenvalue weighted by Crippen LogP contribution is -2.14. The molecule has 0 atom stereocenters. The maximum Gasteiger partial charge on any atom is 0.252 e. The highest BCUT2D eigenvalue weighted by molar-refractivity contribution is 6.32. The molecule has 0 bridgehead atoms. The number of halogens is 2. The number of carbonyl (C=O) groups excluding carboxylic acids is 1. The second-order valence-corrected chi connectivity index (χ2v) is 5.50. The summed E-state index contributed by atoms with van der Waals surface area (Å²) >= 11 is 6.18. The van der Waals surface area contributed by atoms with Gasteiger partial charge in [-0.15, -0.1) is 12.4 Å². The van der Waals surface area contributed by atoms with Crippen LogP contribution in [-0.4, -0.2) is 10.6 Å². The molecule has 0 spiro atoms. The van der Waals surface area contributed by atoms with Gasteiger partial charge in [-0.05, 0) is 18.2 Å². The third kappa shape index (κ3) is 1.95. The Bertz CT molecular complexity index is 902. The van der Waals surface area contributed by atoms with Gasteiger partial charge >= 0.3 is 0 Å². The van der Waals surface area contributed by atoms with E-state index in [0.29, 0.717) is 17.1 Å². The van der Waals surface area contributed by atoms with Crippen LogP contribution in [0, 0.1) is 0 Å². The number of nitrogens with two attached hydrogens (primary N) is 1. The standard InChI is InChI=1S/C16H12ClN3O.ClH/c17-12-6-5-10(15-11(12)8-19-16(15)21)14-7-9-3-1-2-4-13(9)20(14)18;/h1-7H,8,18H2,(H,19,21);1H. The Morgan fingerprint density at radius 2 is 1.95 bits per heavy atom. The Kier molecular flexibility index (Phi) is 3.51. The van der Waals surface area contributed by atoms with Crippen molar-refractivity contribution in [3.8, 4) is 11.3 Å². The van der Waals surface area contributed by atoms with Gasteiger partial charge in [0.05, 0.1) is 16.8 Å². The number of carbonyl (C=O) groups is 1. The normalized spacial score (nSPS) is 12.9. The van der Waals surface area contributed by atoms with Gasteiger partial charge < -0.3 is 11.2 Å². The molecule has 3 N–H and O–H groups in total. The van der Waals surface area contributed by atoms with Gasteiger partial charge in [-0.3, -0.25) is 9.47 Å². The number of fused-ring (bicyclic) bond motifs is 2. The molecular weight excluding hydrogens is 321 g/mol. The van der Waals surface area contributed by atoms with Gasteiger partial charge in [-0.25, -0.2) is 0 Å². The maximum atomic E-state index is 12.1. The van der Waals surface area contributed by atoms with Gasteiger partial charge in [0.1, 0.15) is 0 Å². The highest BCUT2D eigenvalue weighted by atomic mass is 35.5. The molecule has 0 aliphatic carbocycles. The van der Waals surface area contributed by atoms with E-state index in [1.54, 1.807) is 4.68 Å². The van der Waals surface area contributed by atoms with E-state index >= 15 is 0 Å². The average molecular weight is 334 g/mol. The van der Waals surface area contributed by atoms with Gasteiger partial charge in [0, 0.05) is 28.1 Å². The highest BCUT2D eigenvalue weighted by Crippen LogP contribution is 2.35.